The Morgan fingerprint density at radius 2 is 1.89 bits per heavy atom. The summed E-state index contributed by atoms with van der Waals surface area (Å²) in [6, 6.07) is 8.43. The minimum atomic E-state index is -0.328. The molecule has 1 aromatic rings. The van der Waals surface area contributed by atoms with Crippen LogP contribution in [0.3, 0.4) is 0 Å². The Kier molecular flexibility index (Phi) is 8.99. The van der Waals surface area contributed by atoms with Gasteiger partial charge in [0.15, 0.2) is 0 Å². The van der Waals surface area contributed by atoms with Gasteiger partial charge in [-0.25, -0.2) is 4.79 Å². The van der Waals surface area contributed by atoms with Crippen LogP contribution in [0.5, 0.6) is 0 Å². The lowest BCUT2D eigenvalue weighted by molar-refractivity contribution is -0.140. The molecule has 0 N–H and O–H groups in total. The summed E-state index contributed by atoms with van der Waals surface area (Å²) in [4.78, 5) is 14.0. The maximum atomic E-state index is 12.3. The predicted molar refractivity (Wildman–Crippen MR) is 108 cm³/mol. The molecular formula is C23H34FNO2. The lowest BCUT2D eigenvalue weighted by Crippen LogP contribution is -2.24. The van der Waals surface area contributed by atoms with Crippen LogP contribution in [-0.2, 0) is 16.1 Å². The van der Waals surface area contributed by atoms with E-state index in [0.29, 0.717) is 30.4 Å². The second-order valence-electron chi connectivity index (χ2n) is 7.80. The van der Waals surface area contributed by atoms with Crippen molar-refractivity contribution in [3.63, 3.8) is 0 Å². The van der Waals surface area contributed by atoms with E-state index in [1.807, 2.05) is 18.9 Å². The zero-order valence-electron chi connectivity index (χ0n) is 16.9. The zero-order valence-corrected chi connectivity index (χ0v) is 16.9. The molecule has 27 heavy (non-hydrogen) atoms. The molecule has 1 saturated carbocycles. The van der Waals surface area contributed by atoms with E-state index >= 15 is 0 Å². The summed E-state index contributed by atoms with van der Waals surface area (Å²) in [5, 5.41) is 0. The Balaban J connectivity index is 1.77. The average Bonchev–Trinajstić information content (AvgIpc) is 2.71. The molecule has 0 unspecified atom stereocenters. The first-order chi connectivity index (χ1) is 13.0. The highest BCUT2D eigenvalue weighted by molar-refractivity contribution is 5.88. The number of benzene rings is 1. The standard InChI is InChI=1S/C23H34FNO2/c1-4-25(3)16-18(2)23(26)27-17-20-9-13-22(14-10-20)21-11-7-19(8-12-21)6-5-15-24/h9-10,13-14,19,21H,2,4-8,11-12,15-17H2,1,3H3. The largest absolute Gasteiger partial charge is 0.457 e. The van der Waals surface area contributed by atoms with Crippen molar-refractivity contribution in [2.75, 3.05) is 26.8 Å². The summed E-state index contributed by atoms with van der Waals surface area (Å²) >= 11 is 0. The van der Waals surface area contributed by atoms with Gasteiger partial charge in [-0.2, -0.15) is 0 Å². The van der Waals surface area contributed by atoms with Crippen LogP contribution in [0.15, 0.2) is 36.4 Å². The summed E-state index contributed by atoms with van der Waals surface area (Å²) in [5.74, 6) is 0.981. The van der Waals surface area contributed by atoms with E-state index in [-0.39, 0.29) is 19.3 Å². The number of halogens is 1. The molecule has 2 rings (SSSR count). The quantitative estimate of drug-likeness (QED) is 0.413. The van der Waals surface area contributed by atoms with Crippen LogP contribution in [0.1, 0.15) is 62.5 Å². The molecule has 0 saturated heterocycles. The second-order valence-corrected chi connectivity index (χ2v) is 7.80. The van der Waals surface area contributed by atoms with E-state index in [1.54, 1.807) is 0 Å². The third-order valence-electron chi connectivity index (χ3n) is 5.70. The van der Waals surface area contributed by atoms with E-state index in [9.17, 15) is 9.18 Å². The number of likely N-dealkylation sites (N-methyl/N-ethyl adjacent to an activating group) is 1. The summed E-state index contributed by atoms with van der Waals surface area (Å²) in [7, 11) is 1.95. The first-order valence-electron chi connectivity index (χ1n) is 10.2. The zero-order chi connectivity index (χ0) is 19.6. The van der Waals surface area contributed by atoms with Crippen molar-refractivity contribution in [1.82, 2.24) is 4.90 Å². The molecule has 1 fully saturated rings. The highest BCUT2D eigenvalue weighted by atomic mass is 19.1. The van der Waals surface area contributed by atoms with Crippen LogP contribution in [0, 0.1) is 5.92 Å². The van der Waals surface area contributed by atoms with E-state index in [1.165, 1.54) is 31.2 Å². The Hall–Kier alpha value is -1.68. The van der Waals surface area contributed by atoms with E-state index in [0.717, 1.165) is 18.5 Å². The van der Waals surface area contributed by atoms with Crippen LogP contribution in [0.4, 0.5) is 4.39 Å². The number of ether oxygens (including phenoxy) is 1. The predicted octanol–water partition coefficient (Wildman–Crippen LogP) is 5.26. The molecule has 0 heterocycles. The fraction of sp³-hybridized carbons (Fsp3) is 0.609. The molecule has 1 aliphatic carbocycles. The molecule has 1 aliphatic rings. The topological polar surface area (TPSA) is 29.5 Å². The lowest BCUT2D eigenvalue weighted by atomic mass is 9.77. The third-order valence-corrected chi connectivity index (χ3v) is 5.70. The first-order valence-corrected chi connectivity index (χ1v) is 10.2. The normalized spacial score (nSPS) is 19.9. The SMILES string of the molecule is C=C(CN(C)CC)C(=O)OCc1ccc(C2CCC(CCCF)CC2)cc1. The number of carbonyl (C=O) groups excluding carboxylic acids is 1. The summed E-state index contributed by atoms with van der Waals surface area (Å²) in [6.45, 7) is 7.35. The highest BCUT2D eigenvalue weighted by Gasteiger charge is 2.22. The van der Waals surface area contributed by atoms with Crippen molar-refractivity contribution in [3.8, 4) is 0 Å². The van der Waals surface area contributed by atoms with Gasteiger partial charge in [0.25, 0.3) is 0 Å². The van der Waals surface area contributed by atoms with Crippen molar-refractivity contribution >= 4 is 5.97 Å². The molecule has 3 nitrogen and oxygen atoms in total. The highest BCUT2D eigenvalue weighted by Crippen LogP contribution is 2.37. The van der Waals surface area contributed by atoms with E-state index < -0.39 is 0 Å². The number of hydrogen-bond donors (Lipinski definition) is 0. The fourth-order valence-electron chi connectivity index (χ4n) is 3.79. The van der Waals surface area contributed by atoms with Gasteiger partial charge in [0.05, 0.1) is 6.67 Å². The molecular weight excluding hydrogens is 341 g/mol. The van der Waals surface area contributed by atoms with Crippen LogP contribution < -0.4 is 0 Å². The minimum absolute atomic E-state index is 0.186. The molecule has 0 spiro atoms. The summed E-state index contributed by atoms with van der Waals surface area (Å²) in [6.07, 6.45) is 6.54. The van der Waals surface area contributed by atoms with Crippen LogP contribution in [0.2, 0.25) is 0 Å². The molecule has 0 bridgehead atoms. The Bertz CT molecular complexity index is 591. The molecule has 0 radical (unpaired) electrons. The number of alkyl halides is 1. The maximum Gasteiger partial charge on any atom is 0.335 e. The number of carbonyl (C=O) groups is 1. The van der Waals surface area contributed by atoms with E-state index in [4.69, 9.17) is 4.74 Å². The molecule has 0 amide bonds. The molecule has 4 heteroatoms. The third kappa shape index (κ3) is 7.10. The Morgan fingerprint density at radius 3 is 2.48 bits per heavy atom. The van der Waals surface area contributed by atoms with Gasteiger partial charge in [-0.1, -0.05) is 37.8 Å². The number of nitrogens with zero attached hydrogens (tertiary/aromatic N) is 1. The Morgan fingerprint density at radius 1 is 1.22 bits per heavy atom. The van der Waals surface area contributed by atoms with Gasteiger partial charge < -0.3 is 9.64 Å². The minimum Gasteiger partial charge on any atom is -0.457 e. The second kappa shape index (κ2) is 11.2. The smallest absolute Gasteiger partial charge is 0.335 e. The number of hydrogen-bond acceptors (Lipinski definition) is 3. The van der Waals surface area contributed by atoms with Gasteiger partial charge in [-0.05, 0) is 75.1 Å². The maximum absolute atomic E-state index is 12.3. The molecule has 0 atom stereocenters. The van der Waals surface area contributed by atoms with E-state index in [2.05, 4.69) is 30.8 Å². The number of esters is 1. The van der Waals surface area contributed by atoms with Gasteiger partial charge in [-0.15, -0.1) is 0 Å². The molecule has 150 valence electrons. The molecule has 0 aliphatic heterocycles. The van der Waals surface area contributed by atoms with Crippen molar-refractivity contribution in [1.29, 1.82) is 0 Å². The number of rotatable bonds is 10. The van der Waals surface area contributed by atoms with Crippen LogP contribution in [-0.4, -0.2) is 37.7 Å². The van der Waals surface area contributed by atoms with Crippen molar-refractivity contribution in [2.24, 2.45) is 5.92 Å². The van der Waals surface area contributed by atoms with Crippen LogP contribution >= 0.6 is 0 Å². The summed E-state index contributed by atoms with van der Waals surface area (Å²) in [5.41, 5.74) is 2.85. The molecule has 0 aromatic heterocycles. The average molecular weight is 376 g/mol. The lowest BCUT2D eigenvalue weighted by Gasteiger charge is -2.28. The van der Waals surface area contributed by atoms with Crippen LogP contribution in [0.25, 0.3) is 0 Å². The van der Waals surface area contributed by atoms with Gasteiger partial charge in [0, 0.05) is 12.1 Å². The van der Waals surface area contributed by atoms with Gasteiger partial charge in [0.1, 0.15) is 6.61 Å². The van der Waals surface area contributed by atoms with Gasteiger partial charge >= 0.3 is 5.97 Å². The first kappa shape index (κ1) is 21.6. The molecule has 1 aromatic carbocycles. The van der Waals surface area contributed by atoms with Crippen molar-refractivity contribution < 1.29 is 13.9 Å². The summed E-state index contributed by atoms with van der Waals surface area (Å²) < 4.78 is 17.7. The van der Waals surface area contributed by atoms with Gasteiger partial charge in [-0.3, -0.25) is 4.39 Å². The van der Waals surface area contributed by atoms with Crippen molar-refractivity contribution in [2.45, 2.75) is 58.0 Å². The fourth-order valence-corrected chi connectivity index (χ4v) is 3.79. The Labute approximate surface area is 163 Å². The monoisotopic (exact) mass is 375 g/mol. The van der Waals surface area contributed by atoms with Gasteiger partial charge in [0.2, 0.25) is 0 Å². The van der Waals surface area contributed by atoms with Crippen molar-refractivity contribution in [3.05, 3.63) is 47.5 Å².